The van der Waals surface area contributed by atoms with Crippen molar-refractivity contribution < 1.29 is 0 Å². The molecule has 0 radical (unpaired) electrons. The first kappa shape index (κ1) is 10.4. The van der Waals surface area contributed by atoms with Gasteiger partial charge >= 0.3 is 0 Å². The van der Waals surface area contributed by atoms with Crippen molar-refractivity contribution in [2.45, 2.75) is 26.1 Å². The summed E-state index contributed by atoms with van der Waals surface area (Å²) in [6.07, 6.45) is 0. The van der Waals surface area contributed by atoms with Gasteiger partial charge in [-0.2, -0.15) is 0 Å². The van der Waals surface area contributed by atoms with E-state index in [-0.39, 0.29) is 0 Å². The molecule has 0 aliphatic heterocycles. The van der Waals surface area contributed by atoms with E-state index < -0.39 is 0 Å². The van der Waals surface area contributed by atoms with Crippen molar-refractivity contribution in [1.29, 1.82) is 0 Å². The average molecular weight is 129 g/mol. The molecule has 0 aliphatic rings. The monoisotopic (exact) mass is 130 g/mol. The molecule has 0 N–H and O–H groups in total. The largest absolute Gasteiger partial charge is 0.0843 e. The fourth-order valence-electron chi connectivity index (χ4n) is 1.08. The van der Waals surface area contributed by atoms with E-state index in [9.17, 15) is 0 Å². The summed E-state index contributed by atoms with van der Waals surface area (Å²) in [6.45, 7) is 6.96. The van der Waals surface area contributed by atoms with Crippen molar-refractivity contribution in [3.05, 3.63) is 0 Å². The fourth-order valence-corrected chi connectivity index (χ4v) is 1.08. The van der Waals surface area contributed by atoms with Crippen LogP contribution in [0.25, 0.3) is 0 Å². The van der Waals surface area contributed by atoms with E-state index in [4.69, 9.17) is 0 Å². The smallest absolute Gasteiger partial charge is 0.0711 e. The lowest BCUT2D eigenvalue weighted by molar-refractivity contribution is 0.763. The van der Waals surface area contributed by atoms with Crippen molar-refractivity contribution in [1.82, 2.24) is 0 Å². The van der Waals surface area contributed by atoms with Gasteiger partial charge < -0.3 is 0 Å². The highest BCUT2D eigenvalue weighted by Gasteiger charge is 2.11. The van der Waals surface area contributed by atoms with Crippen molar-refractivity contribution >= 4 is 43.2 Å². The van der Waals surface area contributed by atoms with Gasteiger partial charge in [-0.1, -0.05) is 26.1 Å². The molecule has 0 aromatic carbocycles. The molecular weight excluding hydrogens is 113 g/mol. The summed E-state index contributed by atoms with van der Waals surface area (Å²) in [7, 11) is 9.25. The second kappa shape index (κ2) is 5.09. The molecule has 0 spiro atoms. The van der Waals surface area contributed by atoms with Crippen LogP contribution in [0.5, 0.6) is 0 Å². The number of rotatable bonds is 4. The molecule has 10 heavy (non-hydrogen) atoms. The summed E-state index contributed by atoms with van der Waals surface area (Å²) in [5.74, 6) is 0. The molecular formula is C4H16B6. The van der Waals surface area contributed by atoms with E-state index in [0.717, 1.165) is 0 Å². The normalized spacial score (nSPS) is 9.90. The van der Waals surface area contributed by atoms with E-state index >= 15 is 0 Å². The standard InChI is InChI=1S/C4H16B6/c1-4(2,3)6-8-10-9-7-5/h6-10H,5H2,1-3H3. The zero-order valence-corrected chi connectivity index (χ0v) is 8.04. The highest BCUT2D eigenvalue weighted by Crippen LogP contribution is 2.18. The molecule has 0 saturated heterocycles. The van der Waals surface area contributed by atoms with Crippen molar-refractivity contribution in [2.75, 3.05) is 0 Å². The van der Waals surface area contributed by atoms with Gasteiger partial charge in [0.2, 0.25) is 0 Å². The van der Waals surface area contributed by atoms with Crippen molar-refractivity contribution in [3.8, 4) is 0 Å². The van der Waals surface area contributed by atoms with Crippen LogP contribution in [0, 0.1) is 0 Å². The Hall–Kier alpha value is 0.390. The summed E-state index contributed by atoms with van der Waals surface area (Å²) >= 11 is 0. The first-order chi connectivity index (χ1) is 4.56. The van der Waals surface area contributed by atoms with E-state index in [1.807, 2.05) is 0 Å². The van der Waals surface area contributed by atoms with Crippen LogP contribution in [-0.4, -0.2) is 43.2 Å². The Labute approximate surface area is 69.8 Å². The minimum atomic E-state index is 0.549. The molecule has 0 rings (SSSR count). The van der Waals surface area contributed by atoms with E-state index in [1.54, 1.807) is 0 Å². The molecule has 0 atom stereocenters. The van der Waals surface area contributed by atoms with E-state index in [2.05, 4.69) is 28.5 Å². The highest BCUT2D eigenvalue weighted by molar-refractivity contribution is 7.57. The number of hydrogen-bond acceptors (Lipinski definition) is 0. The summed E-state index contributed by atoms with van der Waals surface area (Å²) in [5, 5.41) is 0.549. The first-order valence-corrected chi connectivity index (χ1v) is 4.56. The lowest BCUT2D eigenvalue weighted by atomic mass is 8.97. The third-order valence-corrected chi connectivity index (χ3v) is 1.78. The van der Waals surface area contributed by atoms with Crippen molar-refractivity contribution in [2.24, 2.45) is 0 Å². The van der Waals surface area contributed by atoms with Crippen LogP contribution in [-0.2, 0) is 0 Å². The van der Waals surface area contributed by atoms with Gasteiger partial charge in [-0.15, -0.1) is 0 Å². The Morgan fingerprint density at radius 1 is 1.00 bits per heavy atom. The topological polar surface area (TPSA) is 0 Å². The predicted octanol–water partition coefficient (Wildman–Crippen LogP) is -2.40. The second-order valence-corrected chi connectivity index (χ2v) is 4.37. The molecule has 0 nitrogen and oxygen atoms in total. The maximum Gasteiger partial charge on any atom is 0.0843 e. The Bertz CT molecular complexity index is 76.3. The zero-order valence-electron chi connectivity index (χ0n) is 8.04. The van der Waals surface area contributed by atoms with Crippen LogP contribution in [0.2, 0.25) is 5.31 Å². The van der Waals surface area contributed by atoms with Gasteiger partial charge in [-0.3, -0.25) is 0 Å². The maximum atomic E-state index is 2.32. The quantitative estimate of drug-likeness (QED) is 0.293. The molecule has 6 heteroatoms. The van der Waals surface area contributed by atoms with Crippen LogP contribution < -0.4 is 0 Å². The fraction of sp³-hybridized carbons (Fsp3) is 1.00. The van der Waals surface area contributed by atoms with Gasteiger partial charge in [0.05, 0.1) is 14.9 Å². The molecule has 0 heterocycles. The van der Waals surface area contributed by atoms with Crippen LogP contribution >= 0.6 is 0 Å². The van der Waals surface area contributed by atoms with Gasteiger partial charge in [0, 0.05) is 28.2 Å². The van der Waals surface area contributed by atoms with Gasteiger partial charge in [-0.05, 0) is 0 Å². The van der Waals surface area contributed by atoms with Gasteiger partial charge in [0.15, 0.2) is 0 Å². The Balaban J connectivity index is 3.04. The molecule has 0 saturated carbocycles. The maximum absolute atomic E-state index is 2.32. The minimum absolute atomic E-state index is 0.549. The highest BCUT2D eigenvalue weighted by atomic mass is 13.9. The molecule has 50 valence electrons. The molecule has 0 aliphatic carbocycles. The van der Waals surface area contributed by atoms with Gasteiger partial charge in [0.1, 0.15) is 0 Å². The molecule has 0 aromatic rings. The Morgan fingerprint density at radius 2 is 1.60 bits per heavy atom. The van der Waals surface area contributed by atoms with Crippen LogP contribution in [0.3, 0.4) is 0 Å². The lowest BCUT2D eigenvalue weighted by Gasteiger charge is -2.14. The van der Waals surface area contributed by atoms with Crippen LogP contribution in [0.15, 0.2) is 0 Å². The zero-order chi connectivity index (χ0) is 8.04. The molecule has 0 unspecified atom stereocenters. The predicted molar refractivity (Wildman–Crippen MR) is 64.0 cm³/mol. The summed E-state index contributed by atoms with van der Waals surface area (Å²) in [4.78, 5) is 0. The molecule has 0 aromatic heterocycles. The van der Waals surface area contributed by atoms with Crippen molar-refractivity contribution in [3.63, 3.8) is 0 Å². The van der Waals surface area contributed by atoms with Crippen LogP contribution in [0.4, 0.5) is 0 Å². The summed E-state index contributed by atoms with van der Waals surface area (Å²) < 4.78 is 0. The minimum Gasteiger partial charge on any atom is -0.0711 e. The number of hydrogen-bond donors (Lipinski definition) is 0. The third-order valence-electron chi connectivity index (χ3n) is 1.78. The van der Waals surface area contributed by atoms with Crippen LogP contribution in [0.1, 0.15) is 20.8 Å². The second-order valence-electron chi connectivity index (χ2n) is 4.37. The lowest BCUT2D eigenvalue weighted by Crippen LogP contribution is -2.27. The molecule has 0 fully saturated rings. The summed E-state index contributed by atoms with van der Waals surface area (Å²) in [6, 6.07) is 0. The van der Waals surface area contributed by atoms with Gasteiger partial charge in [-0.25, -0.2) is 0 Å². The Morgan fingerprint density at radius 3 is 2.00 bits per heavy atom. The first-order valence-electron chi connectivity index (χ1n) is 4.56. The Kier molecular flexibility index (Phi) is 5.29. The summed E-state index contributed by atoms with van der Waals surface area (Å²) in [5.41, 5.74) is 0. The molecule has 0 amide bonds. The van der Waals surface area contributed by atoms with E-state index in [0.29, 0.717) is 5.31 Å². The van der Waals surface area contributed by atoms with E-state index in [1.165, 1.54) is 35.4 Å². The van der Waals surface area contributed by atoms with Gasteiger partial charge in [0.25, 0.3) is 0 Å². The third kappa shape index (κ3) is 8.39. The molecule has 0 bridgehead atoms. The average Bonchev–Trinajstić information content (AvgIpc) is 1.78. The SMILES string of the molecule is BBBBBBC(C)(C)C.